The van der Waals surface area contributed by atoms with Gasteiger partial charge >= 0.3 is 0 Å². The highest BCUT2D eigenvalue weighted by molar-refractivity contribution is 9.10. The Morgan fingerprint density at radius 3 is 2.85 bits per heavy atom. The van der Waals surface area contributed by atoms with Crippen LogP contribution in [-0.4, -0.2) is 18.6 Å². The first-order chi connectivity index (χ1) is 9.56. The fourth-order valence-electron chi connectivity index (χ4n) is 2.14. The number of rotatable bonds is 6. The van der Waals surface area contributed by atoms with E-state index in [9.17, 15) is 4.79 Å². The van der Waals surface area contributed by atoms with Crippen molar-refractivity contribution in [2.24, 2.45) is 0 Å². The van der Waals surface area contributed by atoms with Crippen LogP contribution in [0.15, 0.2) is 16.6 Å². The molecule has 5 heteroatoms. The van der Waals surface area contributed by atoms with Crippen LogP contribution in [0.5, 0.6) is 5.75 Å². The maximum Gasteiger partial charge on any atom is 0.246 e. The van der Waals surface area contributed by atoms with Crippen molar-refractivity contribution in [1.82, 2.24) is 5.32 Å². The Hall–Kier alpha value is -1.07. The van der Waals surface area contributed by atoms with E-state index in [0.717, 1.165) is 40.9 Å². The highest BCUT2D eigenvalue weighted by atomic mass is 79.9. The van der Waals surface area contributed by atoms with Crippen LogP contribution in [0.4, 0.5) is 5.69 Å². The second-order valence-corrected chi connectivity index (χ2v) is 5.94. The summed E-state index contributed by atoms with van der Waals surface area (Å²) in [5.74, 6) is 0.774. The minimum Gasteiger partial charge on any atom is -0.489 e. The van der Waals surface area contributed by atoms with E-state index < -0.39 is 0 Å². The summed E-state index contributed by atoms with van der Waals surface area (Å²) in [7, 11) is 0. The van der Waals surface area contributed by atoms with Gasteiger partial charge in [-0.05, 0) is 48.3 Å². The Morgan fingerprint density at radius 2 is 2.20 bits per heavy atom. The molecule has 2 unspecified atom stereocenters. The first-order valence-electron chi connectivity index (χ1n) is 7.11. The van der Waals surface area contributed by atoms with Crippen molar-refractivity contribution in [3.63, 3.8) is 0 Å². The van der Waals surface area contributed by atoms with Gasteiger partial charge in [-0.15, -0.1) is 0 Å². The molecule has 20 heavy (non-hydrogen) atoms. The summed E-state index contributed by atoms with van der Waals surface area (Å²) in [6, 6.07) is 3.61. The van der Waals surface area contributed by atoms with E-state index in [2.05, 4.69) is 40.4 Å². The number of nitrogens with one attached hydrogen (secondary N) is 2. The van der Waals surface area contributed by atoms with Gasteiger partial charge in [-0.3, -0.25) is 4.79 Å². The first-order valence-corrected chi connectivity index (χ1v) is 7.90. The van der Waals surface area contributed by atoms with Crippen LogP contribution < -0.4 is 15.4 Å². The van der Waals surface area contributed by atoms with E-state index >= 15 is 0 Å². The van der Waals surface area contributed by atoms with E-state index in [1.165, 1.54) is 0 Å². The van der Waals surface area contributed by atoms with Crippen molar-refractivity contribution in [3.8, 4) is 5.75 Å². The average Bonchev–Trinajstić information content (AvgIpc) is 2.72. The number of hydrogen-bond donors (Lipinski definition) is 2. The Kier molecular flexibility index (Phi) is 5.05. The van der Waals surface area contributed by atoms with Crippen LogP contribution in [0, 0.1) is 0 Å². The molecular weight excluding hydrogens is 320 g/mol. The van der Waals surface area contributed by atoms with Gasteiger partial charge in [0.2, 0.25) is 5.91 Å². The molecule has 0 radical (unpaired) electrons. The standard InChI is InChI=1S/C15H21BrN2O2/c1-4-6-17-14-10-7-11(16)13(20-9(3)5-2)8-12(10)18-15(14)19/h7-9,14,17H,4-6H2,1-3H3,(H,18,19). The number of benzene rings is 1. The Morgan fingerprint density at radius 1 is 1.45 bits per heavy atom. The molecule has 0 bridgehead atoms. The van der Waals surface area contributed by atoms with Crippen LogP contribution in [0.1, 0.15) is 45.2 Å². The molecule has 1 heterocycles. The molecule has 1 amide bonds. The van der Waals surface area contributed by atoms with Gasteiger partial charge in [0.05, 0.1) is 10.6 Å². The molecule has 1 aromatic rings. The van der Waals surface area contributed by atoms with Gasteiger partial charge in [0.1, 0.15) is 11.8 Å². The number of amides is 1. The Labute approximate surface area is 128 Å². The normalized spacial score (nSPS) is 18.6. The van der Waals surface area contributed by atoms with Crippen molar-refractivity contribution >= 4 is 27.5 Å². The van der Waals surface area contributed by atoms with E-state index in [-0.39, 0.29) is 18.1 Å². The smallest absolute Gasteiger partial charge is 0.246 e. The Bertz CT molecular complexity index is 505. The highest BCUT2D eigenvalue weighted by Gasteiger charge is 2.31. The van der Waals surface area contributed by atoms with Crippen molar-refractivity contribution in [2.75, 3.05) is 11.9 Å². The summed E-state index contributed by atoms with van der Waals surface area (Å²) in [6.45, 7) is 7.02. The number of hydrogen-bond acceptors (Lipinski definition) is 3. The molecule has 0 spiro atoms. The molecule has 1 aliphatic heterocycles. The highest BCUT2D eigenvalue weighted by Crippen LogP contribution is 2.39. The second-order valence-electron chi connectivity index (χ2n) is 5.08. The molecule has 0 saturated heterocycles. The van der Waals surface area contributed by atoms with Crippen LogP contribution in [-0.2, 0) is 4.79 Å². The number of ether oxygens (including phenoxy) is 1. The summed E-state index contributed by atoms with van der Waals surface area (Å²) < 4.78 is 6.74. The quantitative estimate of drug-likeness (QED) is 0.831. The Balaban J connectivity index is 2.25. The van der Waals surface area contributed by atoms with Gasteiger partial charge in [0.25, 0.3) is 0 Å². The molecule has 2 rings (SSSR count). The summed E-state index contributed by atoms with van der Waals surface area (Å²) in [4.78, 5) is 12.0. The molecule has 0 aliphatic carbocycles. The van der Waals surface area contributed by atoms with E-state index in [4.69, 9.17) is 4.74 Å². The van der Waals surface area contributed by atoms with Gasteiger partial charge < -0.3 is 15.4 Å². The van der Waals surface area contributed by atoms with Crippen LogP contribution in [0.2, 0.25) is 0 Å². The molecule has 0 aromatic heterocycles. The number of anilines is 1. The van der Waals surface area contributed by atoms with Gasteiger partial charge in [-0.1, -0.05) is 13.8 Å². The minimum absolute atomic E-state index is 0.000963. The van der Waals surface area contributed by atoms with Gasteiger partial charge in [0, 0.05) is 17.3 Å². The maximum absolute atomic E-state index is 12.0. The largest absolute Gasteiger partial charge is 0.489 e. The molecule has 110 valence electrons. The number of carbonyl (C=O) groups excluding carboxylic acids is 1. The second kappa shape index (κ2) is 6.59. The van der Waals surface area contributed by atoms with Crippen molar-refractivity contribution < 1.29 is 9.53 Å². The fourth-order valence-corrected chi connectivity index (χ4v) is 2.60. The van der Waals surface area contributed by atoms with Gasteiger partial charge in [-0.25, -0.2) is 0 Å². The molecule has 0 fully saturated rings. The SMILES string of the molecule is CCCNC1C(=O)Nc2cc(OC(C)CC)c(Br)cc21. The predicted molar refractivity (Wildman–Crippen MR) is 84.2 cm³/mol. The van der Waals surface area contributed by atoms with Crippen molar-refractivity contribution in [1.29, 1.82) is 0 Å². The summed E-state index contributed by atoms with van der Waals surface area (Å²) in [5.41, 5.74) is 1.82. The first kappa shape index (κ1) is 15.3. The molecule has 4 nitrogen and oxygen atoms in total. The third kappa shape index (κ3) is 3.15. The van der Waals surface area contributed by atoms with Crippen LogP contribution >= 0.6 is 15.9 Å². The van der Waals surface area contributed by atoms with E-state index in [1.54, 1.807) is 0 Å². The summed E-state index contributed by atoms with van der Waals surface area (Å²) in [5, 5.41) is 6.18. The topological polar surface area (TPSA) is 50.4 Å². The van der Waals surface area contributed by atoms with Crippen molar-refractivity contribution in [2.45, 2.75) is 45.8 Å². The van der Waals surface area contributed by atoms with Crippen molar-refractivity contribution in [3.05, 3.63) is 22.2 Å². The lowest BCUT2D eigenvalue weighted by molar-refractivity contribution is -0.117. The number of carbonyl (C=O) groups is 1. The summed E-state index contributed by atoms with van der Waals surface area (Å²) >= 11 is 3.53. The van der Waals surface area contributed by atoms with Gasteiger partial charge in [-0.2, -0.15) is 0 Å². The lowest BCUT2D eigenvalue weighted by Crippen LogP contribution is -2.28. The van der Waals surface area contributed by atoms with E-state index in [1.807, 2.05) is 19.1 Å². The predicted octanol–water partition coefficient (Wildman–Crippen LogP) is 3.62. The molecular formula is C15H21BrN2O2. The lowest BCUT2D eigenvalue weighted by atomic mass is 10.1. The zero-order valence-electron chi connectivity index (χ0n) is 12.1. The third-order valence-electron chi connectivity index (χ3n) is 3.44. The summed E-state index contributed by atoms with van der Waals surface area (Å²) in [6.07, 6.45) is 2.09. The monoisotopic (exact) mass is 340 g/mol. The lowest BCUT2D eigenvalue weighted by Gasteiger charge is -2.16. The molecule has 2 atom stereocenters. The van der Waals surface area contributed by atoms with Crippen LogP contribution in [0.25, 0.3) is 0 Å². The molecule has 2 N–H and O–H groups in total. The number of fused-ring (bicyclic) bond motifs is 1. The number of halogens is 1. The van der Waals surface area contributed by atoms with Crippen LogP contribution in [0.3, 0.4) is 0 Å². The third-order valence-corrected chi connectivity index (χ3v) is 4.06. The maximum atomic E-state index is 12.0. The average molecular weight is 341 g/mol. The zero-order valence-corrected chi connectivity index (χ0v) is 13.7. The zero-order chi connectivity index (χ0) is 14.7. The van der Waals surface area contributed by atoms with E-state index in [0.29, 0.717) is 0 Å². The minimum atomic E-state index is -0.265. The molecule has 0 saturated carbocycles. The molecule has 1 aromatic carbocycles. The fraction of sp³-hybridized carbons (Fsp3) is 0.533. The molecule has 1 aliphatic rings. The van der Waals surface area contributed by atoms with Gasteiger partial charge in [0.15, 0.2) is 0 Å².